The summed E-state index contributed by atoms with van der Waals surface area (Å²) in [4.78, 5) is 0. The number of benzene rings is 1. The van der Waals surface area contributed by atoms with Crippen molar-refractivity contribution in [3.05, 3.63) is 40.5 Å². The molecule has 0 radical (unpaired) electrons. The standard InChI is InChI=1S/C14H18N2.C10H20O.C7H14O/c1-5-6-14(16-4)13-8-12(9-15)10(2)7-11(13)3;1-9(2,10(3,4)11)8-6-5-7-8;1-6-2-4-7(8)5-3-6/h6-8,16H,5H2,1-4H3;8,11H,5-7H2,1-4H3;6-8H,2-5H2,1H3/b14-6+;;. The second-order valence-corrected chi connectivity index (χ2v) is 11.7. The zero-order valence-electron chi connectivity index (χ0n) is 24.0. The van der Waals surface area contributed by atoms with Crippen molar-refractivity contribution in [3.63, 3.8) is 0 Å². The fraction of sp³-hybridized carbons (Fsp3) is 0.710. The van der Waals surface area contributed by atoms with Gasteiger partial charge in [-0.2, -0.15) is 5.26 Å². The average molecular weight is 485 g/mol. The lowest BCUT2D eigenvalue weighted by atomic mass is 9.60. The van der Waals surface area contributed by atoms with Gasteiger partial charge in [0.2, 0.25) is 0 Å². The van der Waals surface area contributed by atoms with E-state index in [0.717, 1.165) is 53.5 Å². The van der Waals surface area contributed by atoms with E-state index < -0.39 is 5.60 Å². The lowest BCUT2D eigenvalue weighted by Crippen LogP contribution is -2.46. The maximum Gasteiger partial charge on any atom is 0.0994 e. The zero-order valence-corrected chi connectivity index (χ0v) is 24.0. The summed E-state index contributed by atoms with van der Waals surface area (Å²) in [5.74, 6) is 1.60. The first-order valence-electron chi connectivity index (χ1n) is 13.6. The summed E-state index contributed by atoms with van der Waals surface area (Å²) in [6, 6.07) is 6.25. The first-order chi connectivity index (χ1) is 16.3. The molecule has 0 aromatic heterocycles. The van der Waals surface area contributed by atoms with E-state index in [4.69, 9.17) is 10.4 Å². The van der Waals surface area contributed by atoms with Crippen LogP contribution in [0.3, 0.4) is 0 Å². The van der Waals surface area contributed by atoms with Crippen molar-refractivity contribution in [2.75, 3.05) is 7.05 Å². The number of hydrogen-bond donors (Lipinski definition) is 3. The number of nitriles is 1. The fourth-order valence-corrected chi connectivity index (χ4v) is 4.69. The molecule has 2 saturated carbocycles. The molecule has 198 valence electrons. The van der Waals surface area contributed by atoms with Gasteiger partial charge in [-0.15, -0.1) is 0 Å². The van der Waals surface area contributed by atoms with Crippen molar-refractivity contribution in [3.8, 4) is 6.07 Å². The van der Waals surface area contributed by atoms with Crippen LogP contribution in [0.2, 0.25) is 0 Å². The molecule has 35 heavy (non-hydrogen) atoms. The van der Waals surface area contributed by atoms with Crippen LogP contribution in [0.5, 0.6) is 0 Å². The van der Waals surface area contributed by atoms with Crippen LogP contribution in [-0.2, 0) is 0 Å². The summed E-state index contributed by atoms with van der Waals surface area (Å²) in [6.07, 6.45) is 11.6. The number of rotatable bonds is 5. The van der Waals surface area contributed by atoms with Gasteiger partial charge in [-0.3, -0.25) is 0 Å². The smallest absolute Gasteiger partial charge is 0.0994 e. The van der Waals surface area contributed by atoms with E-state index in [1.165, 1.54) is 37.7 Å². The average Bonchev–Trinajstić information content (AvgIpc) is 2.73. The Kier molecular flexibility index (Phi) is 12.5. The minimum Gasteiger partial charge on any atom is -0.393 e. The molecule has 4 nitrogen and oxygen atoms in total. The summed E-state index contributed by atoms with van der Waals surface area (Å²) in [5.41, 5.74) is 4.76. The zero-order chi connectivity index (χ0) is 26.8. The van der Waals surface area contributed by atoms with Crippen LogP contribution in [-0.4, -0.2) is 29.0 Å². The molecule has 2 aliphatic rings. The monoisotopic (exact) mass is 484 g/mol. The quantitative estimate of drug-likeness (QED) is 0.410. The van der Waals surface area contributed by atoms with Gasteiger partial charge in [-0.1, -0.05) is 46.3 Å². The van der Waals surface area contributed by atoms with Crippen molar-refractivity contribution in [2.24, 2.45) is 17.3 Å². The topological polar surface area (TPSA) is 76.3 Å². The Morgan fingerprint density at radius 1 is 1.06 bits per heavy atom. The predicted octanol–water partition coefficient (Wildman–Crippen LogP) is 7.29. The van der Waals surface area contributed by atoms with Crippen LogP contribution < -0.4 is 5.32 Å². The second kappa shape index (κ2) is 14.0. The molecule has 0 amide bonds. The summed E-state index contributed by atoms with van der Waals surface area (Å²) in [7, 11) is 1.91. The Balaban J connectivity index is 0.000000279. The Labute approximate surface area is 215 Å². The number of nitrogens with zero attached hydrogens (tertiary/aromatic N) is 1. The van der Waals surface area contributed by atoms with E-state index in [1.54, 1.807) is 0 Å². The van der Waals surface area contributed by atoms with Gasteiger partial charge in [0, 0.05) is 18.3 Å². The highest BCUT2D eigenvalue weighted by molar-refractivity contribution is 5.68. The fourth-order valence-electron chi connectivity index (χ4n) is 4.69. The van der Waals surface area contributed by atoms with Crippen LogP contribution in [0.25, 0.3) is 5.70 Å². The predicted molar refractivity (Wildman–Crippen MR) is 149 cm³/mol. The molecule has 0 spiro atoms. The number of aryl methyl sites for hydroxylation is 2. The third kappa shape index (κ3) is 9.28. The number of hydrogen-bond acceptors (Lipinski definition) is 4. The lowest BCUT2D eigenvalue weighted by Gasteiger charge is -2.47. The SMILES string of the molecule is CC(C)(O)C(C)(C)C1CCC1.CC/C=C(/NC)c1cc(C#N)c(C)cc1C.CC1CCC(O)CC1. The maximum absolute atomic E-state index is 9.88. The van der Waals surface area contributed by atoms with Crippen LogP contribution in [0.1, 0.15) is 115 Å². The molecule has 0 bridgehead atoms. The van der Waals surface area contributed by atoms with E-state index in [-0.39, 0.29) is 11.5 Å². The Bertz CT molecular complexity index is 836. The molecule has 1 aromatic rings. The summed E-state index contributed by atoms with van der Waals surface area (Å²) in [6.45, 7) is 16.6. The van der Waals surface area contributed by atoms with Crippen LogP contribution in [0, 0.1) is 42.4 Å². The summed E-state index contributed by atoms with van der Waals surface area (Å²) in [5, 5.41) is 31.1. The Hall–Kier alpha value is -1.83. The van der Waals surface area contributed by atoms with E-state index >= 15 is 0 Å². The van der Waals surface area contributed by atoms with E-state index in [0.29, 0.717) is 0 Å². The largest absolute Gasteiger partial charge is 0.393 e. The van der Waals surface area contributed by atoms with Gasteiger partial charge in [0.15, 0.2) is 0 Å². The molecule has 0 saturated heterocycles. The first-order valence-corrected chi connectivity index (χ1v) is 13.6. The molecule has 1 aromatic carbocycles. The van der Waals surface area contributed by atoms with Crippen molar-refractivity contribution in [1.82, 2.24) is 5.32 Å². The molecule has 0 atom stereocenters. The minimum absolute atomic E-state index is 0.0196. The molecule has 2 fully saturated rings. The van der Waals surface area contributed by atoms with Gasteiger partial charge in [-0.25, -0.2) is 0 Å². The third-order valence-electron chi connectivity index (χ3n) is 8.35. The molecule has 2 aliphatic carbocycles. The molecule has 0 aliphatic heterocycles. The van der Waals surface area contributed by atoms with Gasteiger partial charge in [-0.05, 0) is 107 Å². The molecule has 4 heteroatoms. The van der Waals surface area contributed by atoms with Crippen LogP contribution >= 0.6 is 0 Å². The van der Waals surface area contributed by atoms with Gasteiger partial charge in [0.25, 0.3) is 0 Å². The van der Waals surface area contributed by atoms with Crippen LogP contribution in [0.4, 0.5) is 0 Å². The summed E-state index contributed by atoms with van der Waals surface area (Å²) >= 11 is 0. The Morgan fingerprint density at radius 3 is 1.97 bits per heavy atom. The van der Waals surface area contributed by atoms with E-state index in [9.17, 15) is 5.11 Å². The van der Waals surface area contributed by atoms with Crippen molar-refractivity contribution in [2.45, 2.75) is 118 Å². The lowest BCUT2D eigenvalue weighted by molar-refractivity contribution is -0.0880. The molecule has 0 unspecified atom stereocenters. The van der Waals surface area contributed by atoms with Gasteiger partial charge < -0.3 is 15.5 Å². The van der Waals surface area contributed by atoms with Gasteiger partial charge in [0.05, 0.1) is 23.3 Å². The highest BCUT2D eigenvalue weighted by Crippen LogP contribution is 2.47. The summed E-state index contributed by atoms with van der Waals surface area (Å²) < 4.78 is 0. The Morgan fingerprint density at radius 2 is 1.63 bits per heavy atom. The molecular formula is C31H52N2O2. The number of allylic oxidation sites excluding steroid dienone is 1. The maximum atomic E-state index is 9.88. The second-order valence-electron chi connectivity index (χ2n) is 11.7. The molecule has 3 N–H and O–H groups in total. The van der Waals surface area contributed by atoms with E-state index in [1.807, 2.05) is 33.9 Å². The molecule has 3 rings (SSSR count). The van der Waals surface area contributed by atoms with E-state index in [2.05, 4.69) is 58.1 Å². The first kappa shape index (κ1) is 31.2. The van der Waals surface area contributed by atoms with Crippen molar-refractivity contribution >= 4 is 5.70 Å². The van der Waals surface area contributed by atoms with Crippen molar-refractivity contribution < 1.29 is 10.2 Å². The highest BCUT2D eigenvalue weighted by atomic mass is 16.3. The normalized spacial score (nSPS) is 20.9. The van der Waals surface area contributed by atoms with Crippen molar-refractivity contribution in [1.29, 1.82) is 5.26 Å². The minimum atomic E-state index is -0.530. The van der Waals surface area contributed by atoms with Gasteiger partial charge >= 0.3 is 0 Å². The third-order valence-corrected chi connectivity index (χ3v) is 8.35. The number of nitrogens with one attached hydrogen (secondary N) is 1. The van der Waals surface area contributed by atoms with Gasteiger partial charge in [0.1, 0.15) is 0 Å². The molecular weight excluding hydrogens is 432 g/mol. The highest BCUT2D eigenvalue weighted by Gasteiger charge is 2.43. The number of aliphatic hydroxyl groups excluding tert-OH is 1. The molecule has 0 heterocycles. The van der Waals surface area contributed by atoms with Crippen LogP contribution in [0.15, 0.2) is 18.2 Å². The number of aliphatic hydroxyl groups is 2.